The molecule has 1 fully saturated rings. The van der Waals surface area contributed by atoms with Gasteiger partial charge in [0.1, 0.15) is 0 Å². The van der Waals surface area contributed by atoms with Gasteiger partial charge < -0.3 is 20.1 Å². The first-order valence-electron chi connectivity index (χ1n) is 10.5. The molecular weight excluding hydrogens is 382 g/mol. The molecule has 0 unspecified atom stereocenters. The summed E-state index contributed by atoms with van der Waals surface area (Å²) in [6.07, 6.45) is 8.26. The molecule has 1 aromatic heterocycles. The summed E-state index contributed by atoms with van der Waals surface area (Å²) in [6.45, 7) is 0.872. The van der Waals surface area contributed by atoms with E-state index in [0.717, 1.165) is 36.3 Å². The molecule has 1 atom stereocenters. The number of nitrogens with one attached hydrogen (secondary N) is 2. The second-order valence-corrected chi connectivity index (χ2v) is 8.01. The number of pyridine rings is 1. The van der Waals surface area contributed by atoms with Crippen molar-refractivity contribution >= 4 is 11.8 Å². The van der Waals surface area contributed by atoms with E-state index in [1.807, 2.05) is 36.5 Å². The van der Waals surface area contributed by atoms with Crippen LogP contribution in [0.3, 0.4) is 0 Å². The maximum Gasteiger partial charge on any atom is 0.231 e. The van der Waals surface area contributed by atoms with Crippen molar-refractivity contribution in [1.82, 2.24) is 15.6 Å². The summed E-state index contributed by atoms with van der Waals surface area (Å²) in [5.41, 5.74) is 1.85. The van der Waals surface area contributed by atoms with Crippen LogP contribution in [-0.4, -0.2) is 35.7 Å². The van der Waals surface area contributed by atoms with Crippen molar-refractivity contribution in [2.45, 2.75) is 50.5 Å². The molecule has 7 nitrogen and oxygen atoms in total. The molecule has 1 saturated heterocycles. The van der Waals surface area contributed by atoms with Gasteiger partial charge in [-0.25, -0.2) is 0 Å². The molecule has 0 bridgehead atoms. The predicted octanol–water partition coefficient (Wildman–Crippen LogP) is 2.53. The first-order valence-corrected chi connectivity index (χ1v) is 10.5. The fourth-order valence-corrected chi connectivity index (χ4v) is 4.13. The van der Waals surface area contributed by atoms with E-state index in [1.165, 1.54) is 5.56 Å². The van der Waals surface area contributed by atoms with Crippen LogP contribution in [0.25, 0.3) is 0 Å². The Morgan fingerprint density at radius 1 is 1.20 bits per heavy atom. The van der Waals surface area contributed by atoms with Crippen LogP contribution in [0, 0.1) is 0 Å². The lowest BCUT2D eigenvalue weighted by molar-refractivity contribution is -0.122. The van der Waals surface area contributed by atoms with Crippen molar-refractivity contribution in [3.63, 3.8) is 0 Å². The van der Waals surface area contributed by atoms with E-state index < -0.39 is 5.54 Å². The molecule has 2 N–H and O–H groups in total. The standard InChI is InChI=1S/C23H27N3O4/c27-21(25-12-2-4-17-3-1-11-24-15-17)7-9-23(10-8-22(28)26-23)14-18-5-6-19-20(13-18)30-16-29-19/h1,3,5-6,11,13,15H,2,4,7-10,12,14,16H2,(H,25,27)(H,26,28)/t23-/m0/s1. The number of aryl methyl sites for hydroxylation is 1. The van der Waals surface area contributed by atoms with Crippen molar-refractivity contribution in [3.8, 4) is 11.5 Å². The molecule has 3 heterocycles. The van der Waals surface area contributed by atoms with Gasteiger partial charge in [-0.05, 0) is 61.4 Å². The minimum atomic E-state index is -0.391. The molecule has 7 heteroatoms. The highest BCUT2D eigenvalue weighted by Crippen LogP contribution is 2.35. The summed E-state index contributed by atoms with van der Waals surface area (Å²) in [4.78, 5) is 28.4. The van der Waals surface area contributed by atoms with Crippen LogP contribution in [-0.2, 0) is 22.4 Å². The second kappa shape index (κ2) is 9.15. The Morgan fingerprint density at radius 2 is 2.10 bits per heavy atom. The normalized spacial score (nSPS) is 19.5. The molecule has 1 aromatic carbocycles. The fraction of sp³-hybridized carbons (Fsp3) is 0.435. The maximum atomic E-state index is 12.4. The van der Waals surface area contributed by atoms with Crippen molar-refractivity contribution in [2.24, 2.45) is 0 Å². The third-order valence-electron chi connectivity index (χ3n) is 5.73. The largest absolute Gasteiger partial charge is 0.454 e. The Kier molecular flexibility index (Phi) is 6.16. The van der Waals surface area contributed by atoms with Gasteiger partial charge >= 0.3 is 0 Å². The summed E-state index contributed by atoms with van der Waals surface area (Å²) >= 11 is 0. The Morgan fingerprint density at radius 3 is 2.90 bits per heavy atom. The Balaban J connectivity index is 1.27. The molecule has 0 aliphatic carbocycles. The number of hydrogen-bond acceptors (Lipinski definition) is 5. The number of amides is 2. The number of ether oxygens (including phenoxy) is 2. The second-order valence-electron chi connectivity index (χ2n) is 8.01. The summed E-state index contributed by atoms with van der Waals surface area (Å²) in [5, 5.41) is 6.12. The van der Waals surface area contributed by atoms with E-state index in [9.17, 15) is 9.59 Å². The molecular formula is C23H27N3O4. The van der Waals surface area contributed by atoms with Crippen LogP contribution in [0.15, 0.2) is 42.7 Å². The number of carbonyl (C=O) groups excluding carboxylic acids is 2. The first-order chi connectivity index (χ1) is 14.6. The van der Waals surface area contributed by atoms with Crippen LogP contribution in [0.1, 0.15) is 43.2 Å². The number of rotatable bonds is 9. The van der Waals surface area contributed by atoms with E-state index >= 15 is 0 Å². The molecule has 2 aliphatic rings. The van der Waals surface area contributed by atoms with E-state index in [-0.39, 0.29) is 18.6 Å². The van der Waals surface area contributed by atoms with Crippen LogP contribution in [0.4, 0.5) is 0 Å². The summed E-state index contributed by atoms with van der Waals surface area (Å²) < 4.78 is 10.8. The molecule has 4 rings (SSSR count). The Hall–Kier alpha value is -3.09. The molecule has 158 valence electrons. The summed E-state index contributed by atoms with van der Waals surface area (Å²) in [6, 6.07) is 9.82. The van der Waals surface area contributed by atoms with Crippen molar-refractivity contribution < 1.29 is 19.1 Å². The molecule has 0 spiro atoms. The molecule has 0 saturated carbocycles. The topological polar surface area (TPSA) is 89.5 Å². The maximum absolute atomic E-state index is 12.4. The average Bonchev–Trinajstić information content (AvgIpc) is 3.37. The van der Waals surface area contributed by atoms with E-state index in [2.05, 4.69) is 15.6 Å². The summed E-state index contributed by atoms with van der Waals surface area (Å²) in [5.74, 6) is 1.55. The van der Waals surface area contributed by atoms with Gasteiger partial charge in [0.25, 0.3) is 0 Å². The molecule has 2 amide bonds. The Labute approximate surface area is 176 Å². The smallest absolute Gasteiger partial charge is 0.231 e. The lowest BCUT2D eigenvalue weighted by Gasteiger charge is -2.29. The average molecular weight is 409 g/mol. The van der Waals surface area contributed by atoms with Crippen molar-refractivity contribution in [2.75, 3.05) is 13.3 Å². The van der Waals surface area contributed by atoms with Gasteiger partial charge in [0.05, 0.1) is 0 Å². The van der Waals surface area contributed by atoms with E-state index in [4.69, 9.17) is 9.47 Å². The van der Waals surface area contributed by atoms with Crippen LogP contribution < -0.4 is 20.1 Å². The highest BCUT2D eigenvalue weighted by atomic mass is 16.7. The van der Waals surface area contributed by atoms with Crippen LogP contribution >= 0.6 is 0 Å². The van der Waals surface area contributed by atoms with E-state index in [1.54, 1.807) is 6.20 Å². The fourth-order valence-electron chi connectivity index (χ4n) is 4.13. The molecule has 30 heavy (non-hydrogen) atoms. The van der Waals surface area contributed by atoms with Gasteiger partial charge in [-0.15, -0.1) is 0 Å². The number of carbonyl (C=O) groups is 2. The minimum absolute atomic E-state index is 0.0207. The van der Waals surface area contributed by atoms with Crippen molar-refractivity contribution in [3.05, 3.63) is 53.9 Å². The zero-order valence-electron chi connectivity index (χ0n) is 17.0. The monoisotopic (exact) mass is 409 g/mol. The van der Waals surface area contributed by atoms with Crippen molar-refractivity contribution in [1.29, 1.82) is 0 Å². The number of benzene rings is 1. The number of nitrogens with zero attached hydrogens (tertiary/aromatic N) is 1. The lowest BCUT2D eigenvalue weighted by Crippen LogP contribution is -2.44. The van der Waals surface area contributed by atoms with Crippen LogP contribution in [0.5, 0.6) is 11.5 Å². The number of hydrogen-bond donors (Lipinski definition) is 2. The third-order valence-corrected chi connectivity index (χ3v) is 5.73. The molecule has 0 radical (unpaired) electrons. The highest BCUT2D eigenvalue weighted by Gasteiger charge is 2.38. The first kappa shape index (κ1) is 20.2. The van der Waals surface area contributed by atoms with Gasteiger partial charge in [-0.3, -0.25) is 14.6 Å². The Bertz CT molecular complexity index is 903. The zero-order chi connectivity index (χ0) is 20.8. The summed E-state index contributed by atoms with van der Waals surface area (Å²) in [7, 11) is 0. The van der Waals surface area contributed by atoms with Crippen LogP contribution in [0.2, 0.25) is 0 Å². The molecule has 2 aliphatic heterocycles. The SMILES string of the molecule is O=C(CC[C@@]1(Cc2ccc3c(c2)OCO3)CCC(=O)N1)NCCCc1cccnc1. The van der Waals surface area contributed by atoms with Gasteiger partial charge in [0.2, 0.25) is 18.6 Å². The third kappa shape index (κ3) is 5.09. The zero-order valence-corrected chi connectivity index (χ0v) is 17.0. The van der Waals surface area contributed by atoms with Gasteiger partial charge in [-0.2, -0.15) is 0 Å². The number of aromatic nitrogens is 1. The van der Waals surface area contributed by atoms with E-state index in [0.29, 0.717) is 32.2 Å². The van der Waals surface area contributed by atoms with Gasteiger partial charge in [0.15, 0.2) is 11.5 Å². The minimum Gasteiger partial charge on any atom is -0.454 e. The highest BCUT2D eigenvalue weighted by molar-refractivity contribution is 5.80. The number of fused-ring (bicyclic) bond motifs is 1. The quantitative estimate of drug-likeness (QED) is 0.621. The predicted molar refractivity (Wildman–Crippen MR) is 111 cm³/mol. The van der Waals surface area contributed by atoms with Gasteiger partial charge in [0, 0.05) is 37.3 Å². The van der Waals surface area contributed by atoms with Gasteiger partial charge in [-0.1, -0.05) is 12.1 Å². The lowest BCUT2D eigenvalue weighted by atomic mass is 9.85. The molecule has 2 aromatic rings.